The van der Waals surface area contributed by atoms with Gasteiger partial charge in [0.15, 0.2) is 49.2 Å². The highest BCUT2D eigenvalue weighted by atomic mass is 16.8. The van der Waals surface area contributed by atoms with Gasteiger partial charge in [0.05, 0.1) is 30.8 Å². The maximum atomic E-state index is 13.3. The predicted octanol–water partition coefficient (Wildman–Crippen LogP) is 6.80. The van der Waals surface area contributed by atoms with Gasteiger partial charge in [-0.25, -0.2) is 0 Å². The fraction of sp³-hybridized carbons (Fsp3) is 0.830. The average Bonchev–Trinajstić information content (AvgIpc) is 3.67. The lowest BCUT2D eigenvalue weighted by Crippen LogP contribution is -2.68. The molecule has 0 amide bonds. The number of carbonyl (C=O) groups is 7. The molecule has 0 aromatic heterocycles. The van der Waals surface area contributed by atoms with Crippen molar-refractivity contribution >= 4 is 41.8 Å². The summed E-state index contributed by atoms with van der Waals surface area (Å²) in [5.41, 5.74) is -1.03. The lowest BCUT2D eigenvalue weighted by Gasteiger charge is -2.73. The topological polar surface area (TPSA) is 232 Å². The highest BCUT2D eigenvalue weighted by molar-refractivity contribution is 5.76. The van der Waals surface area contributed by atoms with E-state index in [1.54, 1.807) is 6.92 Å². The monoisotopic (exact) mass is 1000 g/mol. The third-order valence-electron chi connectivity index (χ3n) is 19.0. The zero-order valence-electron chi connectivity index (χ0n) is 43.7. The van der Waals surface area contributed by atoms with Crippen LogP contribution in [0.4, 0.5) is 0 Å². The number of carboxylic acid groups (broad SMARTS) is 1. The van der Waals surface area contributed by atoms with Crippen molar-refractivity contribution in [1.29, 1.82) is 0 Å². The van der Waals surface area contributed by atoms with Gasteiger partial charge in [-0.2, -0.15) is 0 Å². The summed E-state index contributed by atoms with van der Waals surface area (Å²) in [5.74, 6) is -4.27. The summed E-state index contributed by atoms with van der Waals surface area (Å²) in [6, 6.07) is 0. The van der Waals surface area contributed by atoms with Gasteiger partial charge in [0.2, 0.25) is 0 Å². The van der Waals surface area contributed by atoms with Gasteiger partial charge in [-0.1, -0.05) is 39.8 Å². The zero-order chi connectivity index (χ0) is 52.3. The smallest absolute Gasteiger partial charge is 0.309 e. The quantitative estimate of drug-likeness (QED) is 0.0865. The Kier molecular flexibility index (Phi) is 15.6. The summed E-state index contributed by atoms with van der Waals surface area (Å²) < 4.78 is 60.9. The lowest BCUT2D eigenvalue weighted by atomic mass is 9.32. The largest absolute Gasteiger partial charge is 0.481 e. The van der Waals surface area contributed by atoms with Crippen LogP contribution in [0.5, 0.6) is 0 Å². The van der Waals surface area contributed by atoms with Crippen LogP contribution in [0.25, 0.3) is 0 Å². The number of hydrogen-bond donors (Lipinski definition) is 1. The molecule has 398 valence electrons. The molecule has 18 nitrogen and oxygen atoms in total. The molecule has 7 rings (SSSR count). The Morgan fingerprint density at radius 2 is 1.20 bits per heavy atom. The molecule has 5 saturated carbocycles. The van der Waals surface area contributed by atoms with Gasteiger partial charge in [0.25, 0.3) is 0 Å². The number of fused-ring (bicyclic) bond motifs is 7. The van der Waals surface area contributed by atoms with Crippen molar-refractivity contribution in [2.75, 3.05) is 13.2 Å². The summed E-state index contributed by atoms with van der Waals surface area (Å²) in [6.45, 7) is 24.3. The molecule has 18 heteroatoms. The third-order valence-corrected chi connectivity index (χ3v) is 19.0. The van der Waals surface area contributed by atoms with Gasteiger partial charge in [0, 0.05) is 47.0 Å². The normalized spacial score (nSPS) is 44.7. The number of esters is 6. The molecule has 0 aromatic rings. The molecule has 7 aliphatic rings. The molecule has 0 aromatic carbocycles. The van der Waals surface area contributed by atoms with Crippen molar-refractivity contribution in [3.63, 3.8) is 0 Å². The summed E-state index contributed by atoms with van der Waals surface area (Å²) in [6.07, 6.45) is -5.20. The van der Waals surface area contributed by atoms with Gasteiger partial charge in [-0.3, -0.25) is 33.6 Å². The number of allylic oxidation sites excluding steroid dienone is 1. The van der Waals surface area contributed by atoms with E-state index in [0.717, 1.165) is 64.4 Å². The van der Waals surface area contributed by atoms with E-state index in [9.17, 15) is 38.7 Å². The Morgan fingerprint density at radius 1 is 0.592 bits per heavy atom. The van der Waals surface area contributed by atoms with Crippen LogP contribution < -0.4 is 0 Å². The first-order valence-electron chi connectivity index (χ1n) is 25.6. The van der Waals surface area contributed by atoms with Crippen LogP contribution in [0.1, 0.15) is 147 Å². The van der Waals surface area contributed by atoms with Gasteiger partial charge in [-0.05, 0) is 124 Å². The minimum absolute atomic E-state index is 0.0150. The van der Waals surface area contributed by atoms with Gasteiger partial charge >= 0.3 is 41.8 Å². The highest BCUT2D eigenvalue weighted by Gasteiger charge is 2.73. The van der Waals surface area contributed by atoms with Crippen molar-refractivity contribution in [3.8, 4) is 0 Å². The van der Waals surface area contributed by atoms with Crippen molar-refractivity contribution in [1.82, 2.24) is 0 Å². The first-order valence-corrected chi connectivity index (χ1v) is 25.6. The highest BCUT2D eigenvalue weighted by Crippen LogP contribution is 2.77. The fourth-order valence-corrected chi connectivity index (χ4v) is 16.0. The van der Waals surface area contributed by atoms with Crippen molar-refractivity contribution in [3.05, 3.63) is 12.2 Å². The number of hydrogen-bond acceptors (Lipinski definition) is 17. The predicted molar refractivity (Wildman–Crippen MR) is 249 cm³/mol. The van der Waals surface area contributed by atoms with E-state index in [-0.39, 0.29) is 59.0 Å². The van der Waals surface area contributed by atoms with E-state index in [1.807, 2.05) is 0 Å². The number of rotatable bonds is 13. The molecule has 0 spiro atoms. The second kappa shape index (κ2) is 20.3. The number of carboxylic acids is 1. The van der Waals surface area contributed by atoms with Crippen molar-refractivity contribution in [2.24, 2.45) is 56.7 Å². The minimum Gasteiger partial charge on any atom is -0.481 e. The summed E-state index contributed by atoms with van der Waals surface area (Å²) in [7, 11) is 0. The molecule has 71 heavy (non-hydrogen) atoms. The van der Waals surface area contributed by atoms with E-state index in [1.165, 1.54) is 27.7 Å². The lowest BCUT2D eigenvalue weighted by molar-refractivity contribution is -0.367. The maximum Gasteiger partial charge on any atom is 0.309 e. The number of ether oxygens (including phenoxy) is 10. The number of carbonyl (C=O) groups excluding carboxylic acids is 6. The van der Waals surface area contributed by atoms with Crippen LogP contribution in [0.15, 0.2) is 12.2 Å². The Bertz CT molecular complexity index is 2110. The molecule has 2 heterocycles. The van der Waals surface area contributed by atoms with Crippen molar-refractivity contribution < 1.29 is 86.0 Å². The van der Waals surface area contributed by atoms with E-state index in [0.29, 0.717) is 19.3 Å². The Balaban J connectivity index is 1.24. The Hall–Kier alpha value is -4.13. The van der Waals surface area contributed by atoms with Crippen molar-refractivity contribution in [2.45, 2.75) is 209 Å². The molecule has 4 unspecified atom stereocenters. The van der Waals surface area contributed by atoms with Crippen LogP contribution in [0.3, 0.4) is 0 Å². The molecule has 7 fully saturated rings. The molecule has 1 N–H and O–H groups in total. The first kappa shape index (κ1) is 54.6. The van der Waals surface area contributed by atoms with Gasteiger partial charge < -0.3 is 52.5 Å². The van der Waals surface area contributed by atoms with E-state index < -0.39 is 114 Å². The zero-order valence-corrected chi connectivity index (χ0v) is 43.7. The molecule has 2 aliphatic heterocycles. The van der Waals surface area contributed by atoms with E-state index in [4.69, 9.17) is 47.4 Å². The molecular weight excluding hydrogens is 925 g/mol. The molecule has 0 radical (unpaired) electrons. The van der Waals surface area contributed by atoms with Crippen LogP contribution in [0.2, 0.25) is 0 Å². The molecule has 5 aliphatic carbocycles. The fourth-order valence-electron chi connectivity index (χ4n) is 16.0. The third kappa shape index (κ3) is 9.77. The SMILES string of the molecule is C=C(C)[C@@H]1CC[C@]2(C(=O)O)CC[C@]3(C)C(CCC4[C@@]5(C)CC[C@H](O[C@@H]6OC[C@H](OC(C)=O)[C@H](OC(C)=O)[C@H]6O[C@@H]6O[C@@H](C)[C@H](OC(C)=O)[C@@H](OC(C)=O)[C@H]6OC(C)=O)[C@@](C)(COC(C)=O)C5CC[C@]43C)C12. The second-order valence-electron chi connectivity index (χ2n) is 23.1. The summed E-state index contributed by atoms with van der Waals surface area (Å²) >= 11 is 0. The van der Waals surface area contributed by atoms with Gasteiger partial charge in [-0.15, -0.1) is 0 Å². The van der Waals surface area contributed by atoms with Crippen LogP contribution in [-0.4, -0.2) is 122 Å². The molecule has 2 saturated heterocycles. The van der Waals surface area contributed by atoms with Crippen LogP contribution in [0, 0.1) is 56.7 Å². The molecule has 0 bridgehead atoms. The minimum atomic E-state index is -1.59. The Labute approximate surface area is 417 Å². The van der Waals surface area contributed by atoms with E-state index in [2.05, 4.69) is 41.2 Å². The first-order chi connectivity index (χ1) is 33.1. The molecule has 20 atom stereocenters. The second-order valence-corrected chi connectivity index (χ2v) is 23.1. The standard InChI is InChI=1S/C53H78O18/c1-26(2)34-16-21-53(48(60)61)23-22-51(12)35(40(34)53)14-15-38-49(10)19-18-39(50(11,25-63-28(4)54)37(49)17-20-52(38,51)13)70-46-44(42(67-31(7)57)36(24-62-46)65-29(5)55)71-47-45(69-33(9)59)43(68-32(8)58)41(27(3)64-47)66-30(6)56/h27,34-47H,1,14-25H2,2-13H3,(H,60,61)/t27-,34-,35?,36-,37?,38?,39-,40?,41-,42-,43+,44+,45+,46-,47-,49-,50-,51+,52+,53-/m0/s1. The van der Waals surface area contributed by atoms with Gasteiger partial charge in [0.1, 0.15) is 0 Å². The van der Waals surface area contributed by atoms with Crippen LogP contribution in [-0.2, 0) is 80.9 Å². The maximum absolute atomic E-state index is 13.3. The Morgan fingerprint density at radius 3 is 1.79 bits per heavy atom. The number of aliphatic carboxylic acids is 1. The average molecular weight is 1000 g/mol. The van der Waals surface area contributed by atoms with Crippen LogP contribution >= 0.6 is 0 Å². The summed E-state index contributed by atoms with van der Waals surface area (Å²) in [4.78, 5) is 89.0. The van der Waals surface area contributed by atoms with E-state index >= 15 is 0 Å². The molecular formula is C53H78O18. The summed E-state index contributed by atoms with van der Waals surface area (Å²) in [5, 5.41) is 10.9.